The van der Waals surface area contributed by atoms with Gasteiger partial charge >= 0.3 is 0 Å². The second-order valence-corrected chi connectivity index (χ2v) is 9.31. The number of rotatable bonds is 6. The first kappa shape index (κ1) is 22.5. The average molecular weight is 456 g/mol. The molecule has 5 rings (SSSR count). The molecule has 2 heterocycles. The van der Waals surface area contributed by atoms with E-state index < -0.39 is 6.10 Å². The van der Waals surface area contributed by atoms with Gasteiger partial charge < -0.3 is 5.11 Å². The van der Waals surface area contributed by atoms with Crippen molar-refractivity contribution in [2.24, 2.45) is 0 Å². The van der Waals surface area contributed by atoms with E-state index in [1.54, 1.807) is 0 Å². The summed E-state index contributed by atoms with van der Waals surface area (Å²) in [6.45, 7) is 4.33. The molecular formula is C29H30FN3O. The SMILES string of the molecule is Cc1ccc(-c2cc([C@@H]3CCN(CC(O)c4ccccc4)C[C@H]3c3ccc(F)cc3)[nH]n2)cc1. The van der Waals surface area contributed by atoms with Crippen molar-refractivity contribution in [2.75, 3.05) is 19.6 Å². The van der Waals surface area contributed by atoms with E-state index >= 15 is 0 Å². The van der Waals surface area contributed by atoms with Crippen LogP contribution < -0.4 is 0 Å². The molecule has 0 saturated carbocycles. The summed E-state index contributed by atoms with van der Waals surface area (Å²) < 4.78 is 13.7. The van der Waals surface area contributed by atoms with Crippen LogP contribution in [0.5, 0.6) is 0 Å². The van der Waals surface area contributed by atoms with Crippen LogP contribution in [0.1, 0.15) is 46.7 Å². The van der Waals surface area contributed by atoms with Crippen LogP contribution >= 0.6 is 0 Å². The zero-order valence-electron chi connectivity index (χ0n) is 19.4. The molecule has 1 saturated heterocycles. The lowest BCUT2D eigenvalue weighted by molar-refractivity contribution is 0.0896. The van der Waals surface area contributed by atoms with Gasteiger partial charge in [0.25, 0.3) is 0 Å². The number of likely N-dealkylation sites (tertiary alicyclic amines) is 1. The highest BCUT2D eigenvalue weighted by molar-refractivity contribution is 5.60. The van der Waals surface area contributed by atoms with Crippen molar-refractivity contribution >= 4 is 0 Å². The summed E-state index contributed by atoms with van der Waals surface area (Å²) in [4.78, 5) is 2.32. The predicted molar refractivity (Wildman–Crippen MR) is 133 cm³/mol. The van der Waals surface area contributed by atoms with Crippen LogP contribution in [0.2, 0.25) is 0 Å². The highest BCUT2D eigenvalue weighted by atomic mass is 19.1. The largest absolute Gasteiger partial charge is 0.387 e. The van der Waals surface area contributed by atoms with Gasteiger partial charge in [0.1, 0.15) is 5.82 Å². The van der Waals surface area contributed by atoms with Crippen LogP contribution in [0.3, 0.4) is 0 Å². The quantitative estimate of drug-likeness (QED) is 0.385. The number of H-pyrrole nitrogens is 1. The van der Waals surface area contributed by atoms with E-state index in [1.807, 2.05) is 42.5 Å². The van der Waals surface area contributed by atoms with Crippen LogP contribution in [0.4, 0.5) is 4.39 Å². The Morgan fingerprint density at radius 2 is 1.74 bits per heavy atom. The topological polar surface area (TPSA) is 52.1 Å². The third-order valence-electron chi connectivity index (χ3n) is 6.96. The third kappa shape index (κ3) is 4.96. The number of nitrogens with one attached hydrogen (secondary N) is 1. The summed E-state index contributed by atoms with van der Waals surface area (Å²) in [5.41, 5.74) is 6.40. The molecule has 1 fully saturated rings. The molecule has 1 aliphatic rings. The molecule has 1 unspecified atom stereocenters. The maximum atomic E-state index is 13.7. The summed E-state index contributed by atoms with van der Waals surface area (Å²) >= 11 is 0. The Bertz CT molecular complexity index is 1200. The maximum Gasteiger partial charge on any atom is 0.123 e. The molecule has 1 aromatic heterocycles. The minimum Gasteiger partial charge on any atom is -0.387 e. The van der Waals surface area contributed by atoms with Crippen LogP contribution in [0, 0.1) is 12.7 Å². The fraction of sp³-hybridized carbons (Fsp3) is 0.276. The van der Waals surface area contributed by atoms with Gasteiger partial charge in [-0.2, -0.15) is 5.10 Å². The van der Waals surface area contributed by atoms with Crippen molar-refractivity contribution in [2.45, 2.75) is 31.3 Å². The van der Waals surface area contributed by atoms with Gasteiger partial charge in [0.15, 0.2) is 0 Å². The van der Waals surface area contributed by atoms with E-state index in [0.29, 0.717) is 6.54 Å². The number of nitrogens with zero attached hydrogens (tertiary/aromatic N) is 2. The Hall–Kier alpha value is -3.28. The first-order valence-electron chi connectivity index (χ1n) is 11.9. The molecule has 34 heavy (non-hydrogen) atoms. The second-order valence-electron chi connectivity index (χ2n) is 9.31. The fourth-order valence-electron chi connectivity index (χ4n) is 5.03. The summed E-state index contributed by atoms with van der Waals surface area (Å²) in [6, 6.07) is 27.2. The van der Waals surface area contributed by atoms with Crippen molar-refractivity contribution in [3.8, 4) is 11.3 Å². The number of β-amino-alcohol motifs (C(OH)–C–C–N with tert-alkyl or cyclic N) is 1. The molecule has 1 aliphatic heterocycles. The van der Waals surface area contributed by atoms with Crippen molar-refractivity contribution in [3.05, 3.63) is 113 Å². The van der Waals surface area contributed by atoms with Crippen LogP contribution in [0.15, 0.2) is 84.9 Å². The number of aromatic nitrogens is 2. The van der Waals surface area contributed by atoms with E-state index in [4.69, 9.17) is 0 Å². The number of aliphatic hydroxyl groups is 1. The minimum atomic E-state index is -0.535. The molecule has 3 atom stereocenters. The maximum absolute atomic E-state index is 13.7. The number of aliphatic hydroxyl groups excluding tert-OH is 1. The number of piperidine rings is 1. The molecule has 5 heteroatoms. The molecule has 4 nitrogen and oxygen atoms in total. The Labute approximate surface area is 200 Å². The van der Waals surface area contributed by atoms with Crippen molar-refractivity contribution < 1.29 is 9.50 Å². The van der Waals surface area contributed by atoms with Gasteiger partial charge in [-0.05, 0) is 49.2 Å². The number of benzene rings is 3. The summed E-state index contributed by atoms with van der Waals surface area (Å²) in [6.07, 6.45) is 0.394. The molecule has 0 bridgehead atoms. The molecular weight excluding hydrogens is 425 g/mol. The number of halogens is 1. The van der Waals surface area contributed by atoms with E-state index in [9.17, 15) is 9.50 Å². The van der Waals surface area contributed by atoms with Crippen LogP contribution in [-0.4, -0.2) is 39.8 Å². The fourth-order valence-corrected chi connectivity index (χ4v) is 5.03. The van der Waals surface area contributed by atoms with E-state index in [2.05, 4.69) is 52.4 Å². The van der Waals surface area contributed by atoms with Crippen LogP contribution in [0.25, 0.3) is 11.3 Å². The monoisotopic (exact) mass is 455 g/mol. The number of aromatic amines is 1. The van der Waals surface area contributed by atoms with Gasteiger partial charge in [-0.1, -0.05) is 72.3 Å². The lowest BCUT2D eigenvalue weighted by Crippen LogP contribution is -2.40. The molecule has 0 spiro atoms. The minimum absolute atomic E-state index is 0.170. The van der Waals surface area contributed by atoms with Crippen LogP contribution in [-0.2, 0) is 0 Å². The average Bonchev–Trinajstić information content (AvgIpc) is 3.35. The number of aryl methyl sites for hydroxylation is 1. The highest BCUT2D eigenvalue weighted by Gasteiger charge is 2.33. The molecule has 4 aromatic rings. The zero-order chi connectivity index (χ0) is 23.5. The smallest absolute Gasteiger partial charge is 0.123 e. The predicted octanol–water partition coefficient (Wildman–Crippen LogP) is 5.83. The Morgan fingerprint density at radius 1 is 1.00 bits per heavy atom. The molecule has 3 aromatic carbocycles. The van der Waals surface area contributed by atoms with Gasteiger partial charge in [-0.15, -0.1) is 0 Å². The molecule has 174 valence electrons. The highest BCUT2D eigenvalue weighted by Crippen LogP contribution is 2.40. The third-order valence-corrected chi connectivity index (χ3v) is 6.96. The summed E-state index contributed by atoms with van der Waals surface area (Å²) in [5, 5.41) is 18.7. The molecule has 0 radical (unpaired) electrons. The van der Waals surface area contributed by atoms with Crippen molar-refractivity contribution in [1.82, 2.24) is 15.1 Å². The normalized spacial score (nSPS) is 19.7. The van der Waals surface area contributed by atoms with Gasteiger partial charge in [0, 0.05) is 36.2 Å². The number of hydrogen-bond donors (Lipinski definition) is 2. The second kappa shape index (κ2) is 9.92. The Kier molecular flexibility index (Phi) is 6.57. The number of hydrogen-bond acceptors (Lipinski definition) is 3. The lowest BCUT2D eigenvalue weighted by Gasteiger charge is -2.39. The van der Waals surface area contributed by atoms with Gasteiger partial charge in [-0.3, -0.25) is 10.00 Å². The van der Waals surface area contributed by atoms with E-state index in [1.165, 1.54) is 17.7 Å². The first-order valence-corrected chi connectivity index (χ1v) is 11.9. The molecule has 0 amide bonds. The van der Waals surface area contributed by atoms with Gasteiger partial charge in [-0.25, -0.2) is 4.39 Å². The zero-order valence-corrected chi connectivity index (χ0v) is 19.4. The Morgan fingerprint density at radius 3 is 2.47 bits per heavy atom. The summed E-state index contributed by atoms with van der Waals surface area (Å²) in [7, 11) is 0. The Balaban J connectivity index is 1.38. The van der Waals surface area contributed by atoms with Crippen molar-refractivity contribution in [1.29, 1.82) is 0 Å². The molecule has 2 N–H and O–H groups in total. The lowest BCUT2D eigenvalue weighted by atomic mass is 9.78. The van der Waals surface area contributed by atoms with Gasteiger partial charge in [0.2, 0.25) is 0 Å². The van der Waals surface area contributed by atoms with E-state index in [-0.39, 0.29) is 17.7 Å². The first-order chi connectivity index (χ1) is 16.6. The summed E-state index contributed by atoms with van der Waals surface area (Å²) in [5.74, 6) is 0.182. The van der Waals surface area contributed by atoms with E-state index in [0.717, 1.165) is 47.6 Å². The van der Waals surface area contributed by atoms with Crippen molar-refractivity contribution in [3.63, 3.8) is 0 Å². The molecule has 0 aliphatic carbocycles. The standard InChI is InChI=1S/C29H30FN3O/c1-20-7-9-22(10-8-20)27-17-28(32-31-27)25-15-16-33(19-29(34)23-5-3-2-4-6-23)18-26(25)21-11-13-24(30)14-12-21/h2-14,17,25-26,29,34H,15-16,18-19H2,1H3,(H,31,32)/t25-,26+,29?/m1/s1. The van der Waals surface area contributed by atoms with Gasteiger partial charge in [0.05, 0.1) is 11.8 Å².